The molecule has 0 amide bonds. The third-order valence-corrected chi connectivity index (χ3v) is 5.18. The minimum atomic E-state index is -0.998. The fourth-order valence-corrected chi connectivity index (χ4v) is 3.45. The van der Waals surface area contributed by atoms with Crippen LogP contribution in [0.1, 0.15) is 85.5 Å². The van der Waals surface area contributed by atoms with Crippen molar-refractivity contribution in [2.75, 3.05) is 19.6 Å². The van der Waals surface area contributed by atoms with Crippen LogP contribution < -0.4 is 5.11 Å². The highest BCUT2D eigenvalue weighted by molar-refractivity contribution is 5.69. The highest BCUT2D eigenvalue weighted by Crippen LogP contribution is 2.21. The minimum Gasteiger partial charge on any atom is -0.544 e. The maximum Gasteiger partial charge on any atom is 0.126 e. The number of aliphatic carboxylic acids is 1. The molecule has 0 spiro atoms. The van der Waals surface area contributed by atoms with Crippen LogP contribution in [0.4, 0.5) is 0 Å². The van der Waals surface area contributed by atoms with Gasteiger partial charge in [0.2, 0.25) is 0 Å². The van der Waals surface area contributed by atoms with E-state index < -0.39 is 18.1 Å². The van der Waals surface area contributed by atoms with Gasteiger partial charge in [-0.15, -0.1) is 0 Å². The molecule has 0 aliphatic rings. The fourth-order valence-electron chi connectivity index (χ4n) is 3.45. The summed E-state index contributed by atoms with van der Waals surface area (Å²) in [5.41, 5.74) is 0. The van der Waals surface area contributed by atoms with Crippen LogP contribution in [0.15, 0.2) is 12.2 Å². The summed E-state index contributed by atoms with van der Waals surface area (Å²) in [6, 6.07) is -0.581. The topological polar surface area (TPSA) is 60.4 Å². The van der Waals surface area contributed by atoms with Gasteiger partial charge >= 0.3 is 0 Å². The van der Waals surface area contributed by atoms with Crippen LogP contribution in [0.25, 0.3) is 0 Å². The standard InChI is InChI=1S/C21H41NO3/c1-5-8-11-12-15-20(23)18-22(16-13-9-6-2,17-14-10-7-3)19(4)21(24)25/h11-12,19-20,23H,5-10,13-18H2,1-4H3/b12-11+. The van der Waals surface area contributed by atoms with E-state index in [0.717, 1.165) is 64.5 Å². The minimum absolute atomic E-state index is 0.450. The second kappa shape index (κ2) is 14.3. The summed E-state index contributed by atoms with van der Waals surface area (Å²) in [6.45, 7) is 10.3. The third-order valence-electron chi connectivity index (χ3n) is 5.18. The average molecular weight is 356 g/mol. The Morgan fingerprint density at radius 1 is 1.00 bits per heavy atom. The number of carboxylic acid groups (broad SMARTS) is 1. The molecule has 0 aliphatic carbocycles. The first-order valence-corrected chi connectivity index (χ1v) is 10.3. The molecule has 0 aliphatic heterocycles. The second-order valence-electron chi connectivity index (χ2n) is 7.41. The molecule has 0 fully saturated rings. The Kier molecular flexibility index (Phi) is 13.8. The number of hydrogen-bond donors (Lipinski definition) is 1. The average Bonchev–Trinajstić information content (AvgIpc) is 2.58. The molecule has 2 unspecified atom stereocenters. The number of aliphatic hydroxyl groups excluding tert-OH is 1. The number of carboxylic acids is 1. The zero-order chi connectivity index (χ0) is 19.1. The van der Waals surface area contributed by atoms with Gasteiger partial charge in [0.1, 0.15) is 18.7 Å². The van der Waals surface area contributed by atoms with Crippen LogP contribution >= 0.6 is 0 Å². The number of rotatable bonds is 16. The SMILES string of the molecule is CCC/C=C/CC(O)C[N+](CCCCC)(CCCCC)C(C)C(=O)[O-]. The Morgan fingerprint density at radius 3 is 2.00 bits per heavy atom. The summed E-state index contributed by atoms with van der Waals surface area (Å²) in [5.74, 6) is -0.998. The first-order valence-electron chi connectivity index (χ1n) is 10.3. The lowest BCUT2D eigenvalue weighted by molar-refractivity contribution is -0.946. The van der Waals surface area contributed by atoms with Crippen LogP contribution in [0.5, 0.6) is 0 Å². The predicted octanol–water partition coefficient (Wildman–Crippen LogP) is 3.43. The van der Waals surface area contributed by atoms with Gasteiger partial charge in [0, 0.05) is 0 Å². The summed E-state index contributed by atoms with van der Waals surface area (Å²) >= 11 is 0. The summed E-state index contributed by atoms with van der Waals surface area (Å²) in [4.78, 5) is 11.7. The van der Waals surface area contributed by atoms with Crippen LogP contribution in [0.2, 0.25) is 0 Å². The molecule has 0 aromatic rings. The highest BCUT2D eigenvalue weighted by atomic mass is 16.4. The molecule has 4 heteroatoms. The van der Waals surface area contributed by atoms with Gasteiger partial charge in [-0.05, 0) is 45.4 Å². The van der Waals surface area contributed by atoms with Crippen LogP contribution in [-0.4, -0.2) is 47.3 Å². The molecule has 0 aromatic heterocycles. The van der Waals surface area contributed by atoms with E-state index in [-0.39, 0.29) is 0 Å². The molecule has 1 N–H and O–H groups in total. The van der Waals surface area contributed by atoms with Crippen molar-refractivity contribution in [1.29, 1.82) is 0 Å². The van der Waals surface area contributed by atoms with Crippen LogP contribution in [0, 0.1) is 0 Å². The maximum atomic E-state index is 11.7. The van der Waals surface area contributed by atoms with E-state index in [1.165, 1.54) is 0 Å². The molecule has 0 radical (unpaired) electrons. The van der Waals surface area contributed by atoms with Crippen molar-refractivity contribution in [2.24, 2.45) is 0 Å². The zero-order valence-corrected chi connectivity index (χ0v) is 17.0. The van der Waals surface area contributed by atoms with E-state index in [4.69, 9.17) is 0 Å². The number of allylic oxidation sites excluding steroid dienone is 1. The van der Waals surface area contributed by atoms with Gasteiger partial charge in [-0.25, -0.2) is 0 Å². The fraction of sp³-hybridized carbons (Fsp3) is 0.857. The Labute approximate surface area is 155 Å². The molecule has 0 aromatic carbocycles. The molecule has 4 nitrogen and oxygen atoms in total. The Bertz CT molecular complexity index is 358. The van der Waals surface area contributed by atoms with Crippen molar-refractivity contribution in [3.8, 4) is 0 Å². The van der Waals surface area contributed by atoms with Crippen molar-refractivity contribution in [1.82, 2.24) is 0 Å². The molecule has 2 atom stereocenters. The lowest BCUT2D eigenvalue weighted by Crippen LogP contribution is -2.63. The number of carbonyl (C=O) groups excluding carboxylic acids is 1. The molecule has 0 saturated carbocycles. The largest absolute Gasteiger partial charge is 0.544 e. The summed E-state index contributed by atoms with van der Waals surface area (Å²) < 4.78 is 0.450. The second-order valence-corrected chi connectivity index (χ2v) is 7.41. The van der Waals surface area contributed by atoms with Crippen molar-refractivity contribution in [3.05, 3.63) is 12.2 Å². The first-order chi connectivity index (χ1) is 11.9. The van der Waals surface area contributed by atoms with E-state index >= 15 is 0 Å². The quantitative estimate of drug-likeness (QED) is 0.262. The van der Waals surface area contributed by atoms with Crippen molar-refractivity contribution < 1.29 is 19.5 Å². The molecule has 0 bridgehead atoms. The van der Waals surface area contributed by atoms with Gasteiger partial charge in [0.05, 0.1) is 19.1 Å². The van der Waals surface area contributed by atoms with E-state index in [1.54, 1.807) is 6.92 Å². The number of carbonyl (C=O) groups is 1. The van der Waals surface area contributed by atoms with Crippen LogP contribution in [0.3, 0.4) is 0 Å². The number of aliphatic hydroxyl groups is 1. The number of hydrogen-bond acceptors (Lipinski definition) is 3. The summed E-state index contributed by atoms with van der Waals surface area (Å²) in [5, 5.41) is 22.2. The molecule has 0 rings (SSSR count). The van der Waals surface area contributed by atoms with Gasteiger partial charge < -0.3 is 19.5 Å². The van der Waals surface area contributed by atoms with E-state index in [0.29, 0.717) is 17.4 Å². The van der Waals surface area contributed by atoms with Crippen molar-refractivity contribution >= 4 is 5.97 Å². The summed E-state index contributed by atoms with van der Waals surface area (Å²) in [7, 11) is 0. The van der Waals surface area contributed by atoms with E-state index in [9.17, 15) is 15.0 Å². The zero-order valence-electron chi connectivity index (χ0n) is 17.0. The molecule has 0 heterocycles. The number of nitrogens with zero attached hydrogens (tertiary/aromatic N) is 1. The van der Waals surface area contributed by atoms with Gasteiger partial charge in [-0.2, -0.15) is 0 Å². The van der Waals surface area contributed by atoms with Gasteiger partial charge in [-0.3, -0.25) is 0 Å². The van der Waals surface area contributed by atoms with E-state index in [2.05, 4.69) is 26.8 Å². The van der Waals surface area contributed by atoms with Crippen molar-refractivity contribution in [3.63, 3.8) is 0 Å². The van der Waals surface area contributed by atoms with Crippen molar-refractivity contribution in [2.45, 2.75) is 97.6 Å². The molecule has 25 heavy (non-hydrogen) atoms. The Hall–Kier alpha value is -0.870. The predicted molar refractivity (Wildman–Crippen MR) is 103 cm³/mol. The normalized spacial score (nSPS) is 14.8. The van der Waals surface area contributed by atoms with Gasteiger partial charge in [0.25, 0.3) is 0 Å². The highest BCUT2D eigenvalue weighted by Gasteiger charge is 2.35. The molecular formula is C21H41NO3. The Balaban J connectivity index is 5.14. The lowest BCUT2D eigenvalue weighted by Gasteiger charge is -2.45. The summed E-state index contributed by atoms with van der Waals surface area (Å²) in [6.07, 6.45) is 12.8. The lowest BCUT2D eigenvalue weighted by atomic mass is 10.1. The third kappa shape index (κ3) is 10.0. The molecule has 0 saturated heterocycles. The number of unbranched alkanes of at least 4 members (excludes halogenated alkanes) is 5. The van der Waals surface area contributed by atoms with Gasteiger partial charge in [0.15, 0.2) is 0 Å². The van der Waals surface area contributed by atoms with Gasteiger partial charge in [-0.1, -0.05) is 52.2 Å². The Morgan fingerprint density at radius 2 is 1.56 bits per heavy atom. The maximum absolute atomic E-state index is 11.7. The molecular weight excluding hydrogens is 314 g/mol. The number of quaternary nitrogens is 1. The smallest absolute Gasteiger partial charge is 0.126 e. The van der Waals surface area contributed by atoms with Crippen LogP contribution in [-0.2, 0) is 4.79 Å². The molecule has 148 valence electrons. The monoisotopic (exact) mass is 355 g/mol. The van der Waals surface area contributed by atoms with E-state index in [1.807, 2.05) is 6.08 Å². The first kappa shape index (κ1) is 24.1.